The largest absolute Gasteiger partial charge is 0.451 e. The Hall–Kier alpha value is -2.29. The molecule has 0 aromatic carbocycles. The molecular formula is C12H15N3O3. The first-order valence-corrected chi connectivity index (χ1v) is 5.45. The summed E-state index contributed by atoms with van der Waals surface area (Å²) in [6.45, 7) is 0.0168. The van der Waals surface area contributed by atoms with E-state index in [1.165, 1.54) is 4.90 Å². The molecule has 1 rings (SSSR count). The number of carbonyl (C=O) groups excluding carboxylic acids is 2. The molecule has 0 aliphatic rings. The SMILES string of the molecule is CN(CCC#N)C(=O)COC(=O)c1cccn1C. The van der Waals surface area contributed by atoms with Crippen molar-refractivity contribution in [1.29, 1.82) is 5.26 Å². The van der Waals surface area contributed by atoms with Gasteiger partial charge in [-0.05, 0) is 12.1 Å². The third-order valence-corrected chi connectivity index (χ3v) is 2.46. The van der Waals surface area contributed by atoms with E-state index in [-0.39, 0.29) is 18.9 Å². The first kappa shape index (κ1) is 13.8. The molecule has 0 spiro atoms. The summed E-state index contributed by atoms with van der Waals surface area (Å²) in [4.78, 5) is 24.5. The molecule has 0 atom stereocenters. The summed E-state index contributed by atoms with van der Waals surface area (Å²) in [5, 5.41) is 8.39. The van der Waals surface area contributed by atoms with Gasteiger partial charge >= 0.3 is 5.97 Å². The highest BCUT2D eigenvalue weighted by atomic mass is 16.5. The zero-order chi connectivity index (χ0) is 13.5. The van der Waals surface area contributed by atoms with Crippen LogP contribution in [0.15, 0.2) is 18.3 Å². The van der Waals surface area contributed by atoms with Crippen LogP contribution >= 0.6 is 0 Å². The highest BCUT2D eigenvalue weighted by Gasteiger charge is 2.14. The Morgan fingerprint density at radius 1 is 1.56 bits per heavy atom. The maximum Gasteiger partial charge on any atom is 0.355 e. The Labute approximate surface area is 105 Å². The molecule has 6 nitrogen and oxygen atoms in total. The van der Waals surface area contributed by atoms with Gasteiger partial charge in [0, 0.05) is 26.8 Å². The summed E-state index contributed by atoms with van der Waals surface area (Å²) in [7, 11) is 3.29. The normalized spacial score (nSPS) is 9.61. The molecule has 0 radical (unpaired) electrons. The Balaban J connectivity index is 2.42. The van der Waals surface area contributed by atoms with E-state index >= 15 is 0 Å². The Bertz CT molecular complexity index is 473. The van der Waals surface area contributed by atoms with Gasteiger partial charge in [0.25, 0.3) is 5.91 Å². The van der Waals surface area contributed by atoms with Gasteiger partial charge < -0.3 is 14.2 Å². The molecule has 1 amide bonds. The number of hydrogen-bond donors (Lipinski definition) is 0. The van der Waals surface area contributed by atoms with Crippen LogP contribution in [0.2, 0.25) is 0 Å². The third kappa shape index (κ3) is 3.63. The Kier molecular flexibility index (Phi) is 4.93. The molecule has 6 heteroatoms. The first-order valence-electron chi connectivity index (χ1n) is 5.45. The summed E-state index contributed by atoms with van der Waals surface area (Å²) < 4.78 is 6.51. The first-order chi connectivity index (χ1) is 8.56. The molecule has 0 bridgehead atoms. The van der Waals surface area contributed by atoms with E-state index in [2.05, 4.69) is 0 Å². The zero-order valence-electron chi connectivity index (χ0n) is 10.4. The number of rotatable bonds is 5. The number of aryl methyl sites for hydroxylation is 1. The van der Waals surface area contributed by atoms with Crippen LogP contribution in [-0.2, 0) is 16.6 Å². The van der Waals surface area contributed by atoms with Crippen LogP contribution < -0.4 is 0 Å². The van der Waals surface area contributed by atoms with E-state index < -0.39 is 5.97 Å². The Morgan fingerprint density at radius 2 is 2.28 bits per heavy atom. The van der Waals surface area contributed by atoms with E-state index in [4.69, 9.17) is 10.00 Å². The number of nitriles is 1. The number of esters is 1. The molecule has 1 heterocycles. The molecule has 18 heavy (non-hydrogen) atoms. The van der Waals surface area contributed by atoms with Crippen molar-refractivity contribution in [2.75, 3.05) is 20.2 Å². The average molecular weight is 249 g/mol. The van der Waals surface area contributed by atoms with Crippen molar-refractivity contribution < 1.29 is 14.3 Å². The minimum absolute atomic E-state index is 0.258. The van der Waals surface area contributed by atoms with Crippen LogP contribution in [0.5, 0.6) is 0 Å². The second kappa shape index (κ2) is 6.45. The van der Waals surface area contributed by atoms with Crippen LogP contribution in [0.25, 0.3) is 0 Å². The highest BCUT2D eigenvalue weighted by molar-refractivity contribution is 5.89. The fraction of sp³-hybridized carbons (Fsp3) is 0.417. The van der Waals surface area contributed by atoms with Crippen molar-refractivity contribution in [3.63, 3.8) is 0 Å². The topological polar surface area (TPSA) is 75.3 Å². The van der Waals surface area contributed by atoms with E-state index in [0.29, 0.717) is 12.2 Å². The molecule has 0 fully saturated rings. The quantitative estimate of drug-likeness (QED) is 0.714. The van der Waals surface area contributed by atoms with E-state index in [0.717, 1.165) is 0 Å². The van der Waals surface area contributed by atoms with E-state index in [1.807, 2.05) is 6.07 Å². The lowest BCUT2D eigenvalue weighted by Crippen LogP contribution is -2.32. The molecule has 1 aromatic rings. The maximum absolute atomic E-state index is 11.6. The fourth-order valence-corrected chi connectivity index (χ4v) is 1.33. The maximum atomic E-state index is 11.6. The minimum atomic E-state index is -0.537. The van der Waals surface area contributed by atoms with Crippen LogP contribution in [0.3, 0.4) is 0 Å². The highest BCUT2D eigenvalue weighted by Crippen LogP contribution is 2.02. The lowest BCUT2D eigenvalue weighted by atomic mass is 10.4. The number of amides is 1. The second-order valence-corrected chi connectivity index (χ2v) is 3.80. The summed E-state index contributed by atoms with van der Waals surface area (Å²) in [6.07, 6.45) is 1.98. The molecule has 0 saturated heterocycles. The monoisotopic (exact) mass is 249 g/mol. The molecule has 0 saturated carbocycles. The van der Waals surface area contributed by atoms with Crippen molar-refractivity contribution in [2.24, 2.45) is 7.05 Å². The molecule has 0 N–H and O–H groups in total. The van der Waals surface area contributed by atoms with Gasteiger partial charge in [-0.25, -0.2) is 4.79 Å². The van der Waals surface area contributed by atoms with Gasteiger partial charge in [-0.3, -0.25) is 4.79 Å². The average Bonchev–Trinajstić information content (AvgIpc) is 2.78. The van der Waals surface area contributed by atoms with Crippen LogP contribution in [-0.4, -0.2) is 41.5 Å². The van der Waals surface area contributed by atoms with Crippen molar-refractivity contribution >= 4 is 11.9 Å². The van der Waals surface area contributed by atoms with Crippen LogP contribution in [0.1, 0.15) is 16.9 Å². The lowest BCUT2D eigenvalue weighted by molar-refractivity contribution is -0.133. The summed E-state index contributed by atoms with van der Waals surface area (Å²) >= 11 is 0. The summed E-state index contributed by atoms with van der Waals surface area (Å²) in [5.41, 5.74) is 0.391. The number of nitrogens with zero attached hydrogens (tertiary/aromatic N) is 3. The third-order valence-electron chi connectivity index (χ3n) is 2.46. The molecule has 0 aliphatic heterocycles. The van der Waals surface area contributed by atoms with Gasteiger partial charge in [-0.1, -0.05) is 0 Å². The molecule has 96 valence electrons. The minimum Gasteiger partial charge on any atom is -0.451 e. The molecule has 1 aromatic heterocycles. The number of carbonyl (C=O) groups is 2. The summed E-state index contributed by atoms with van der Waals surface area (Å²) in [5.74, 6) is -0.864. The number of hydrogen-bond acceptors (Lipinski definition) is 4. The smallest absolute Gasteiger partial charge is 0.355 e. The van der Waals surface area contributed by atoms with Gasteiger partial charge in [0.15, 0.2) is 6.61 Å². The number of ether oxygens (including phenoxy) is 1. The van der Waals surface area contributed by atoms with Crippen molar-refractivity contribution in [3.05, 3.63) is 24.0 Å². The Morgan fingerprint density at radius 3 is 2.83 bits per heavy atom. The van der Waals surface area contributed by atoms with Gasteiger partial charge in [0.05, 0.1) is 12.5 Å². The van der Waals surface area contributed by atoms with Crippen LogP contribution in [0, 0.1) is 11.3 Å². The van der Waals surface area contributed by atoms with E-state index in [9.17, 15) is 9.59 Å². The van der Waals surface area contributed by atoms with Gasteiger partial charge in [-0.2, -0.15) is 5.26 Å². The van der Waals surface area contributed by atoms with E-state index in [1.54, 1.807) is 37.0 Å². The van der Waals surface area contributed by atoms with Crippen molar-refractivity contribution in [2.45, 2.75) is 6.42 Å². The van der Waals surface area contributed by atoms with Crippen molar-refractivity contribution in [3.8, 4) is 6.07 Å². The summed E-state index contributed by atoms with van der Waals surface area (Å²) in [6, 6.07) is 5.28. The van der Waals surface area contributed by atoms with Gasteiger partial charge in [-0.15, -0.1) is 0 Å². The van der Waals surface area contributed by atoms with Crippen molar-refractivity contribution in [1.82, 2.24) is 9.47 Å². The standard InChI is InChI=1S/C12H15N3O3/c1-14-7-3-5-10(14)12(17)18-9-11(16)15(2)8-4-6-13/h3,5,7H,4,8-9H2,1-2H3. The number of aromatic nitrogens is 1. The predicted molar refractivity (Wildman–Crippen MR) is 63.6 cm³/mol. The molecular weight excluding hydrogens is 234 g/mol. The predicted octanol–water partition coefficient (Wildman–Crippen LogP) is 0.554. The molecule has 0 unspecified atom stereocenters. The van der Waals surface area contributed by atoms with Gasteiger partial charge in [0.1, 0.15) is 5.69 Å². The number of likely N-dealkylation sites (N-methyl/N-ethyl adjacent to an activating group) is 1. The zero-order valence-corrected chi connectivity index (χ0v) is 10.4. The van der Waals surface area contributed by atoms with Gasteiger partial charge in [0.2, 0.25) is 0 Å². The fourth-order valence-electron chi connectivity index (χ4n) is 1.33. The lowest BCUT2D eigenvalue weighted by Gasteiger charge is -2.15. The second-order valence-electron chi connectivity index (χ2n) is 3.80. The molecule has 0 aliphatic carbocycles. The van der Waals surface area contributed by atoms with Crippen LogP contribution in [0.4, 0.5) is 0 Å².